The fourth-order valence-corrected chi connectivity index (χ4v) is 1.84. The van der Waals surface area contributed by atoms with Gasteiger partial charge >= 0.3 is 0 Å². The van der Waals surface area contributed by atoms with E-state index < -0.39 is 0 Å². The maximum absolute atomic E-state index is 9.76. The minimum atomic E-state index is 0.152. The predicted molar refractivity (Wildman–Crippen MR) is 67.4 cm³/mol. The van der Waals surface area contributed by atoms with E-state index >= 15 is 0 Å². The number of phenolic OH excluding ortho intramolecular Hbond substituents is 1. The van der Waals surface area contributed by atoms with Gasteiger partial charge in [-0.3, -0.25) is 0 Å². The van der Waals surface area contributed by atoms with Crippen molar-refractivity contribution in [3.05, 3.63) is 63.6 Å². The molecule has 0 aliphatic carbocycles. The number of halogens is 2. The number of hydrogen-bond acceptors (Lipinski definition) is 1. The molecule has 2 aromatic carbocycles. The summed E-state index contributed by atoms with van der Waals surface area (Å²) < 4.78 is 0. The summed E-state index contributed by atoms with van der Waals surface area (Å²) in [7, 11) is 0. The first-order valence-electron chi connectivity index (χ1n) is 4.87. The van der Waals surface area contributed by atoms with Gasteiger partial charge in [0.25, 0.3) is 0 Å². The van der Waals surface area contributed by atoms with Crippen LogP contribution in [0.5, 0.6) is 5.75 Å². The van der Waals surface area contributed by atoms with E-state index in [9.17, 15) is 5.11 Å². The predicted octanol–water partition coefficient (Wildman–Crippen LogP) is 4.29. The summed E-state index contributed by atoms with van der Waals surface area (Å²) in [5.74, 6) is 0.152. The summed E-state index contributed by atoms with van der Waals surface area (Å²) in [5, 5.41) is 10.8. The average molecular weight is 253 g/mol. The van der Waals surface area contributed by atoms with Crippen LogP contribution in [0.25, 0.3) is 0 Å². The molecule has 82 valence electrons. The lowest BCUT2D eigenvalue weighted by molar-refractivity contribution is 0.470. The van der Waals surface area contributed by atoms with Crippen molar-refractivity contribution in [2.24, 2.45) is 0 Å². The Labute approximate surface area is 104 Å². The van der Waals surface area contributed by atoms with Crippen LogP contribution in [0.4, 0.5) is 0 Å². The normalized spacial score (nSPS) is 10.4. The summed E-state index contributed by atoms with van der Waals surface area (Å²) in [6.07, 6.45) is 0.642. The van der Waals surface area contributed by atoms with Crippen LogP contribution in [0.3, 0.4) is 0 Å². The van der Waals surface area contributed by atoms with Gasteiger partial charge in [-0.25, -0.2) is 0 Å². The SMILES string of the molecule is Oc1c(Cl)cccc1Cc1ccc(Cl)cc1. The van der Waals surface area contributed by atoms with E-state index in [2.05, 4.69) is 0 Å². The van der Waals surface area contributed by atoms with Gasteiger partial charge in [-0.2, -0.15) is 0 Å². The van der Waals surface area contributed by atoms with Crippen LogP contribution in [0, 0.1) is 0 Å². The molecular weight excluding hydrogens is 243 g/mol. The maximum atomic E-state index is 9.76. The zero-order chi connectivity index (χ0) is 11.5. The summed E-state index contributed by atoms with van der Waals surface area (Å²) >= 11 is 11.6. The molecule has 0 aliphatic rings. The molecule has 0 saturated carbocycles. The number of phenols is 1. The summed E-state index contributed by atoms with van der Waals surface area (Å²) in [6.45, 7) is 0. The van der Waals surface area contributed by atoms with Gasteiger partial charge in [-0.1, -0.05) is 47.5 Å². The Morgan fingerprint density at radius 1 is 0.938 bits per heavy atom. The minimum Gasteiger partial charge on any atom is -0.506 e. The highest BCUT2D eigenvalue weighted by Gasteiger charge is 2.05. The highest BCUT2D eigenvalue weighted by atomic mass is 35.5. The standard InChI is InChI=1S/C13H10Cl2O/c14-11-6-4-9(5-7-11)8-10-2-1-3-12(15)13(10)16/h1-7,16H,8H2. The van der Waals surface area contributed by atoms with Gasteiger partial charge in [0.05, 0.1) is 5.02 Å². The van der Waals surface area contributed by atoms with Gasteiger partial charge in [0.15, 0.2) is 0 Å². The van der Waals surface area contributed by atoms with E-state index in [4.69, 9.17) is 23.2 Å². The fourth-order valence-electron chi connectivity index (χ4n) is 1.52. The van der Waals surface area contributed by atoms with Gasteiger partial charge in [0.2, 0.25) is 0 Å². The van der Waals surface area contributed by atoms with Gasteiger partial charge in [-0.15, -0.1) is 0 Å². The Bertz CT molecular complexity index is 492. The molecule has 16 heavy (non-hydrogen) atoms. The lowest BCUT2D eigenvalue weighted by Crippen LogP contribution is -1.88. The molecule has 1 N–H and O–H groups in total. The van der Waals surface area contributed by atoms with E-state index in [0.717, 1.165) is 11.1 Å². The van der Waals surface area contributed by atoms with Crippen LogP contribution in [0.2, 0.25) is 10.0 Å². The highest BCUT2D eigenvalue weighted by molar-refractivity contribution is 6.32. The lowest BCUT2D eigenvalue weighted by atomic mass is 10.0. The van der Waals surface area contributed by atoms with Gasteiger partial charge in [0, 0.05) is 11.4 Å². The van der Waals surface area contributed by atoms with Crippen molar-refractivity contribution in [1.82, 2.24) is 0 Å². The van der Waals surface area contributed by atoms with Crippen molar-refractivity contribution in [2.45, 2.75) is 6.42 Å². The molecule has 0 radical (unpaired) electrons. The lowest BCUT2D eigenvalue weighted by Gasteiger charge is -2.06. The van der Waals surface area contributed by atoms with Gasteiger partial charge in [0.1, 0.15) is 5.75 Å². The molecule has 0 atom stereocenters. The van der Waals surface area contributed by atoms with Crippen LogP contribution in [-0.2, 0) is 6.42 Å². The summed E-state index contributed by atoms with van der Waals surface area (Å²) in [6, 6.07) is 12.9. The molecule has 1 nitrogen and oxygen atoms in total. The number of hydrogen-bond donors (Lipinski definition) is 1. The Morgan fingerprint density at radius 2 is 1.62 bits per heavy atom. The first kappa shape index (κ1) is 11.3. The topological polar surface area (TPSA) is 20.2 Å². The molecule has 0 aromatic heterocycles. The number of rotatable bonds is 2. The zero-order valence-electron chi connectivity index (χ0n) is 8.45. The van der Waals surface area contributed by atoms with E-state index in [1.807, 2.05) is 36.4 Å². The molecule has 0 heterocycles. The van der Waals surface area contributed by atoms with Gasteiger partial charge < -0.3 is 5.11 Å². The number of para-hydroxylation sites is 1. The molecule has 0 saturated heterocycles. The average Bonchev–Trinajstić information content (AvgIpc) is 2.28. The molecule has 0 unspecified atom stereocenters. The number of aromatic hydroxyl groups is 1. The Balaban J connectivity index is 2.27. The second kappa shape index (κ2) is 4.77. The molecule has 0 spiro atoms. The Morgan fingerprint density at radius 3 is 2.31 bits per heavy atom. The van der Waals surface area contributed by atoms with E-state index in [0.29, 0.717) is 16.5 Å². The maximum Gasteiger partial charge on any atom is 0.137 e. The molecule has 0 amide bonds. The third-order valence-electron chi connectivity index (χ3n) is 2.38. The molecule has 0 aliphatic heterocycles. The Hall–Kier alpha value is -1.18. The smallest absolute Gasteiger partial charge is 0.137 e. The summed E-state index contributed by atoms with van der Waals surface area (Å²) in [4.78, 5) is 0. The number of benzene rings is 2. The van der Waals surface area contributed by atoms with Crippen molar-refractivity contribution in [3.63, 3.8) is 0 Å². The monoisotopic (exact) mass is 252 g/mol. The van der Waals surface area contributed by atoms with Gasteiger partial charge in [-0.05, 0) is 29.3 Å². The van der Waals surface area contributed by atoms with Crippen molar-refractivity contribution < 1.29 is 5.11 Å². The minimum absolute atomic E-state index is 0.152. The Kier molecular flexibility index (Phi) is 3.37. The van der Waals surface area contributed by atoms with Crippen LogP contribution in [-0.4, -0.2) is 5.11 Å². The summed E-state index contributed by atoms with van der Waals surface area (Å²) in [5.41, 5.74) is 1.90. The molecule has 0 bridgehead atoms. The zero-order valence-corrected chi connectivity index (χ0v) is 9.96. The molecule has 0 fully saturated rings. The van der Waals surface area contributed by atoms with Crippen LogP contribution in [0.1, 0.15) is 11.1 Å². The molecule has 3 heteroatoms. The van der Waals surface area contributed by atoms with Crippen LogP contribution >= 0.6 is 23.2 Å². The van der Waals surface area contributed by atoms with Crippen LogP contribution in [0.15, 0.2) is 42.5 Å². The first-order chi connectivity index (χ1) is 7.66. The van der Waals surface area contributed by atoms with E-state index in [1.165, 1.54) is 0 Å². The van der Waals surface area contributed by atoms with Crippen molar-refractivity contribution in [1.29, 1.82) is 0 Å². The quantitative estimate of drug-likeness (QED) is 0.846. The first-order valence-corrected chi connectivity index (χ1v) is 5.63. The third-order valence-corrected chi connectivity index (χ3v) is 2.94. The van der Waals surface area contributed by atoms with E-state index in [1.54, 1.807) is 6.07 Å². The largest absolute Gasteiger partial charge is 0.506 e. The second-order valence-electron chi connectivity index (χ2n) is 3.55. The third kappa shape index (κ3) is 2.49. The molecular formula is C13H10Cl2O. The van der Waals surface area contributed by atoms with E-state index in [-0.39, 0.29) is 5.75 Å². The molecule has 2 aromatic rings. The van der Waals surface area contributed by atoms with Crippen molar-refractivity contribution >= 4 is 23.2 Å². The molecule has 2 rings (SSSR count). The highest BCUT2D eigenvalue weighted by Crippen LogP contribution is 2.28. The fraction of sp³-hybridized carbons (Fsp3) is 0.0769. The van der Waals surface area contributed by atoms with Crippen molar-refractivity contribution in [2.75, 3.05) is 0 Å². The van der Waals surface area contributed by atoms with Crippen molar-refractivity contribution in [3.8, 4) is 5.75 Å². The second-order valence-corrected chi connectivity index (χ2v) is 4.39. The van der Waals surface area contributed by atoms with Crippen LogP contribution < -0.4 is 0 Å².